The average Bonchev–Trinajstić information content (AvgIpc) is 3.06. The summed E-state index contributed by atoms with van der Waals surface area (Å²) in [7, 11) is 0. The molecule has 9 heteroatoms. The predicted octanol–water partition coefficient (Wildman–Crippen LogP) is 2.22. The van der Waals surface area contributed by atoms with E-state index in [1.165, 1.54) is 0 Å². The Morgan fingerprint density at radius 3 is 1.94 bits per heavy atom. The first-order valence-electron chi connectivity index (χ1n) is 11.3. The van der Waals surface area contributed by atoms with E-state index in [4.69, 9.17) is 4.74 Å². The molecule has 0 spiro atoms. The molecule has 2 aliphatic rings. The maximum atomic E-state index is 13.1. The molecule has 34 heavy (non-hydrogen) atoms. The fraction of sp³-hybridized carbons (Fsp3) is 0.360. The van der Waals surface area contributed by atoms with Crippen LogP contribution < -0.4 is 10.6 Å². The van der Waals surface area contributed by atoms with Crippen LogP contribution in [0, 0.1) is 5.92 Å². The lowest BCUT2D eigenvalue weighted by molar-refractivity contribution is -0.121. The lowest BCUT2D eigenvalue weighted by Crippen LogP contribution is -2.50. The van der Waals surface area contributed by atoms with Crippen molar-refractivity contribution in [3.8, 4) is 0 Å². The summed E-state index contributed by atoms with van der Waals surface area (Å²) in [5, 5.41) is 5.64. The zero-order valence-corrected chi connectivity index (χ0v) is 19.2. The van der Waals surface area contributed by atoms with E-state index in [0.717, 1.165) is 18.0 Å². The van der Waals surface area contributed by atoms with Crippen molar-refractivity contribution < 1.29 is 23.9 Å². The number of amides is 4. The third kappa shape index (κ3) is 5.00. The predicted molar refractivity (Wildman–Crippen MR) is 127 cm³/mol. The molecule has 2 heterocycles. The number of nitrogens with one attached hydrogen (secondary N) is 2. The summed E-state index contributed by atoms with van der Waals surface area (Å²) in [6, 6.07) is 12.3. The van der Waals surface area contributed by atoms with E-state index in [1.54, 1.807) is 62.4 Å². The van der Waals surface area contributed by atoms with Gasteiger partial charge in [0.1, 0.15) is 6.04 Å². The topological polar surface area (TPSA) is 108 Å². The number of nitrogens with zero attached hydrogens (tertiary/aromatic N) is 2. The van der Waals surface area contributed by atoms with Crippen LogP contribution in [0.2, 0.25) is 0 Å². The van der Waals surface area contributed by atoms with Crippen LogP contribution in [0.4, 0.5) is 11.4 Å². The molecule has 0 saturated carbocycles. The number of carbonyl (C=O) groups excluding carboxylic acids is 4. The van der Waals surface area contributed by atoms with Crippen molar-refractivity contribution in [2.24, 2.45) is 5.92 Å². The van der Waals surface area contributed by atoms with Gasteiger partial charge in [-0.15, -0.1) is 0 Å². The van der Waals surface area contributed by atoms with Crippen LogP contribution in [-0.2, 0) is 14.3 Å². The largest absolute Gasteiger partial charge is 0.379 e. The summed E-state index contributed by atoms with van der Waals surface area (Å²) < 4.78 is 5.29. The summed E-state index contributed by atoms with van der Waals surface area (Å²) in [5.74, 6) is -1.79. The van der Waals surface area contributed by atoms with Gasteiger partial charge in [-0.3, -0.25) is 29.0 Å². The second-order valence-electron chi connectivity index (χ2n) is 8.72. The van der Waals surface area contributed by atoms with Crippen molar-refractivity contribution in [1.82, 2.24) is 9.80 Å². The van der Waals surface area contributed by atoms with E-state index in [9.17, 15) is 19.2 Å². The molecule has 0 radical (unpaired) electrons. The number of anilines is 2. The van der Waals surface area contributed by atoms with Crippen molar-refractivity contribution >= 4 is 35.0 Å². The highest BCUT2D eigenvalue weighted by Crippen LogP contribution is 2.28. The number of ether oxygens (including phenoxy) is 1. The number of imide groups is 1. The van der Waals surface area contributed by atoms with E-state index >= 15 is 0 Å². The average molecular weight is 465 g/mol. The van der Waals surface area contributed by atoms with Gasteiger partial charge in [-0.1, -0.05) is 26.0 Å². The van der Waals surface area contributed by atoms with Crippen molar-refractivity contribution in [2.45, 2.75) is 19.9 Å². The molecule has 1 unspecified atom stereocenters. The third-order valence-electron chi connectivity index (χ3n) is 5.91. The van der Waals surface area contributed by atoms with E-state index in [1.807, 2.05) is 4.90 Å². The molecule has 1 fully saturated rings. The van der Waals surface area contributed by atoms with Crippen molar-refractivity contribution in [1.29, 1.82) is 0 Å². The van der Waals surface area contributed by atoms with Gasteiger partial charge in [0.25, 0.3) is 11.8 Å². The highest BCUT2D eigenvalue weighted by atomic mass is 16.5. The third-order valence-corrected chi connectivity index (χ3v) is 5.91. The Hall–Kier alpha value is -3.56. The van der Waals surface area contributed by atoms with Crippen LogP contribution in [-0.4, -0.2) is 72.3 Å². The number of benzene rings is 2. The number of hydrogen-bond donors (Lipinski definition) is 2. The first kappa shape index (κ1) is 23.6. The Balaban J connectivity index is 1.39. The van der Waals surface area contributed by atoms with Crippen LogP contribution in [0.3, 0.4) is 0 Å². The zero-order valence-electron chi connectivity index (χ0n) is 19.2. The summed E-state index contributed by atoms with van der Waals surface area (Å²) in [6.07, 6.45) is 0. The molecule has 1 saturated heterocycles. The van der Waals surface area contributed by atoms with Crippen LogP contribution in [0.5, 0.6) is 0 Å². The highest BCUT2D eigenvalue weighted by molar-refractivity contribution is 6.23. The second kappa shape index (κ2) is 10.1. The van der Waals surface area contributed by atoms with Gasteiger partial charge >= 0.3 is 0 Å². The Morgan fingerprint density at radius 2 is 1.41 bits per heavy atom. The lowest BCUT2D eigenvalue weighted by Gasteiger charge is -2.28. The number of hydrogen-bond acceptors (Lipinski definition) is 6. The molecule has 9 nitrogen and oxygen atoms in total. The molecule has 0 bridgehead atoms. The number of carbonyl (C=O) groups is 4. The molecule has 4 amide bonds. The minimum Gasteiger partial charge on any atom is -0.379 e. The van der Waals surface area contributed by atoms with Crippen molar-refractivity contribution in [3.63, 3.8) is 0 Å². The van der Waals surface area contributed by atoms with Gasteiger partial charge in [0.05, 0.1) is 30.9 Å². The van der Waals surface area contributed by atoms with Gasteiger partial charge in [0.15, 0.2) is 0 Å². The monoisotopic (exact) mass is 464 g/mol. The first-order chi connectivity index (χ1) is 16.3. The van der Waals surface area contributed by atoms with E-state index < -0.39 is 23.8 Å². The maximum absolute atomic E-state index is 13.1. The maximum Gasteiger partial charge on any atom is 0.262 e. The standard InChI is InChI=1S/C25H28N4O5/c1-16(2)22(29-24(32)19-5-3-4-6-20(19)25(29)33)23(31)27-18-9-7-17(8-10-18)26-21(30)15-28-11-13-34-14-12-28/h3-10,16,22H,11-15H2,1-2H3,(H,26,30)(H,27,31). The molecule has 0 aromatic heterocycles. The first-order valence-corrected chi connectivity index (χ1v) is 11.3. The Morgan fingerprint density at radius 1 is 0.882 bits per heavy atom. The van der Waals surface area contributed by atoms with Crippen LogP contribution >= 0.6 is 0 Å². The molecule has 2 N–H and O–H groups in total. The number of rotatable bonds is 7. The molecular formula is C25H28N4O5. The molecule has 2 aromatic rings. The number of morpholine rings is 1. The summed E-state index contributed by atoms with van der Waals surface area (Å²) in [6.45, 7) is 6.57. The smallest absolute Gasteiger partial charge is 0.262 e. The molecule has 178 valence electrons. The van der Waals surface area contributed by atoms with Gasteiger partial charge in [-0.2, -0.15) is 0 Å². The Bertz CT molecular complexity index is 1060. The minimum absolute atomic E-state index is 0.121. The van der Waals surface area contributed by atoms with Crippen LogP contribution in [0.1, 0.15) is 34.6 Å². The van der Waals surface area contributed by atoms with E-state index in [2.05, 4.69) is 10.6 Å². The van der Waals surface area contributed by atoms with Gasteiger partial charge in [-0.25, -0.2) is 0 Å². The molecule has 2 aliphatic heterocycles. The Labute approximate surface area is 198 Å². The SMILES string of the molecule is CC(C)C(C(=O)Nc1ccc(NC(=O)CN2CCOCC2)cc1)N1C(=O)c2ccccc2C1=O. The molecule has 1 atom stereocenters. The zero-order chi connectivity index (χ0) is 24.2. The van der Waals surface area contributed by atoms with Gasteiger partial charge in [0, 0.05) is 24.5 Å². The highest BCUT2D eigenvalue weighted by Gasteiger charge is 2.43. The van der Waals surface area contributed by atoms with Gasteiger partial charge in [0.2, 0.25) is 11.8 Å². The second-order valence-corrected chi connectivity index (χ2v) is 8.72. The quantitative estimate of drug-likeness (QED) is 0.609. The van der Waals surface area contributed by atoms with Crippen LogP contribution in [0.15, 0.2) is 48.5 Å². The van der Waals surface area contributed by atoms with E-state index in [-0.39, 0.29) is 18.4 Å². The lowest BCUT2D eigenvalue weighted by atomic mass is 10.0. The fourth-order valence-corrected chi connectivity index (χ4v) is 4.19. The normalized spacial score (nSPS) is 17.0. The van der Waals surface area contributed by atoms with Gasteiger partial charge < -0.3 is 15.4 Å². The minimum atomic E-state index is -0.958. The molecular weight excluding hydrogens is 436 g/mol. The van der Waals surface area contributed by atoms with Gasteiger partial charge in [-0.05, 0) is 42.3 Å². The van der Waals surface area contributed by atoms with E-state index in [0.29, 0.717) is 35.7 Å². The van der Waals surface area contributed by atoms with Crippen LogP contribution in [0.25, 0.3) is 0 Å². The number of fused-ring (bicyclic) bond motifs is 1. The Kier molecular flexibility index (Phi) is 7.04. The fourth-order valence-electron chi connectivity index (χ4n) is 4.19. The summed E-state index contributed by atoms with van der Waals surface area (Å²) >= 11 is 0. The summed E-state index contributed by atoms with van der Waals surface area (Å²) in [5.41, 5.74) is 1.72. The molecule has 4 rings (SSSR count). The van der Waals surface area contributed by atoms with Crippen molar-refractivity contribution in [2.75, 3.05) is 43.5 Å². The molecule has 2 aromatic carbocycles. The summed E-state index contributed by atoms with van der Waals surface area (Å²) in [4.78, 5) is 54.2. The van der Waals surface area contributed by atoms with Crippen molar-refractivity contribution in [3.05, 3.63) is 59.7 Å². The molecule has 0 aliphatic carbocycles.